The second-order valence-corrected chi connectivity index (χ2v) is 7.20. The number of rotatable bonds is 6. The number of alkyl halides is 2. The lowest BCUT2D eigenvalue weighted by molar-refractivity contribution is -0.128. The Hall–Kier alpha value is -1.12. The van der Waals surface area contributed by atoms with Gasteiger partial charge in [0.15, 0.2) is 5.13 Å². The number of thiazole rings is 1. The number of amides is 1. The molecule has 0 atom stereocenters. The van der Waals surface area contributed by atoms with Crippen molar-refractivity contribution in [2.24, 2.45) is 5.41 Å². The number of fused-ring (bicyclic) bond motifs is 1. The van der Waals surface area contributed by atoms with E-state index in [4.69, 9.17) is 4.74 Å². The Bertz CT molecular complexity index is 534. The van der Waals surface area contributed by atoms with Gasteiger partial charge < -0.3 is 15.0 Å². The average Bonchev–Trinajstić information content (AvgIpc) is 2.79. The SMILES string of the molecule is CN1CCc2nc(NC(=O)C(C)(C)COCC(F)F)sc2C1. The van der Waals surface area contributed by atoms with E-state index in [-0.39, 0.29) is 12.5 Å². The topological polar surface area (TPSA) is 54.5 Å². The Morgan fingerprint density at radius 3 is 2.95 bits per heavy atom. The van der Waals surface area contributed by atoms with Gasteiger partial charge in [0.2, 0.25) is 5.91 Å². The number of ether oxygens (including phenoxy) is 1. The molecule has 0 bridgehead atoms. The maximum Gasteiger partial charge on any atom is 0.261 e. The number of halogens is 2. The van der Waals surface area contributed by atoms with Gasteiger partial charge in [-0.05, 0) is 20.9 Å². The number of nitrogens with one attached hydrogen (secondary N) is 1. The molecule has 0 unspecified atom stereocenters. The van der Waals surface area contributed by atoms with E-state index < -0.39 is 18.4 Å². The Labute approximate surface area is 132 Å². The van der Waals surface area contributed by atoms with Gasteiger partial charge in [-0.15, -0.1) is 11.3 Å². The van der Waals surface area contributed by atoms with Crippen LogP contribution in [-0.4, -0.2) is 49.0 Å². The van der Waals surface area contributed by atoms with Crippen LogP contribution in [0.3, 0.4) is 0 Å². The molecular formula is C14H21F2N3O2S. The first-order chi connectivity index (χ1) is 10.3. The lowest BCUT2D eigenvalue weighted by Gasteiger charge is -2.22. The molecule has 0 saturated carbocycles. The number of carbonyl (C=O) groups excluding carboxylic acids is 1. The van der Waals surface area contributed by atoms with Gasteiger partial charge in [0.1, 0.15) is 6.61 Å². The molecule has 8 heteroatoms. The van der Waals surface area contributed by atoms with Gasteiger partial charge in [0.05, 0.1) is 17.7 Å². The second-order valence-electron chi connectivity index (χ2n) is 6.12. The zero-order chi connectivity index (χ0) is 16.3. The molecule has 1 aromatic heterocycles. The van der Waals surface area contributed by atoms with E-state index in [1.807, 2.05) is 7.05 Å². The number of anilines is 1. The third-order valence-corrected chi connectivity index (χ3v) is 4.46. The summed E-state index contributed by atoms with van der Waals surface area (Å²) in [6.45, 7) is 4.40. The van der Waals surface area contributed by atoms with Gasteiger partial charge in [-0.1, -0.05) is 0 Å². The fraction of sp³-hybridized carbons (Fsp3) is 0.714. The number of hydrogen-bond acceptors (Lipinski definition) is 5. The Morgan fingerprint density at radius 2 is 2.27 bits per heavy atom. The van der Waals surface area contributed by atoms with E-state index in [0.717, 1.165) is 30.1 Å². The van der Waals surface area contributed by atoms with Crippen LogP contribution in [0.15, 0.2) is 0 Å². The normalized spacial score (nSPS) is 15.9. The standard InChI is InChI=1S/C14H21F2N3O2S/c1-14(2,8-21-7-11(15)16)12(20)18-13-17-9-4-5-19(3)6-10(9)22-13/h11H,4-8H2,1-3H3,(H,17,18,20). The van der Waals surface area contributed by atoms with Crippen LogP contribution < -0.4 is 5.32 Å². The molecule has 0 radical (unpaired) electrons. The van der Waals surface area contributed by atoms with Crippen molar-refractivity contribution in [2.75, 3.05) is 32.1 Å². The van der Waals surface area contributed by atoms with Crippen LogP contribution in [-0.2, 0) is 22.5 Å². The number of hydrogen-bond donors (Lipinski definition) is 1. The number of likely N-dealkylation sites (N-methyl/N-ethyl adjacent to an activating group) is 1. The average molecular weight is 333 g/mol. The molecule has 1 aliphatic heterocycles. The molecule has 2 heterocycles. The minimum Gasteiger partial charge on any atom is -0.374 e. The Balaban J connectivity index is 1.93. The first kappa shape index (κ1) is 17.2. The van der Waals surface area contributed by atoms with Gasteiger partial charge in [0, 0.05) is 24.4 Å². The first-order valence-corrected chi connectivity index (χ1v) is 7.94. The summed E-state index contributed by atoms with van der Waals surface area (Å²) in [5.74, 6) is -0.277. The van der Waals surface area contributed by atoms with Crippen LogP contribution in [0.5, 0.6) is 0 Å². The van der Waals surface area contributed by atoms with Crippen molar-refractivity contribution in [1.82, 2.24) is 9.88 Å². The molecule has 1 N–H and O–H groups in total. The molecule has 0 aliphatic carbocycles. The molecule has 0 spiro atoms. The number of carbonyl (C=O) groups is 1. The minimum atomic E-state index is -2.53. The Kier molecular flexibility index (Phi) is 5.46. The molecule has 2 rings (SSSR count). The van der Waals surface area contributed by atoms with Crippen molar-refractivity contribution in [2.45, 2.75) is 33.2 Å². The molecule has 22 heavy (non-hydrogen) atoms. The second kappa shape index (κ2) is 6.97. The highest BCUT2D eigenvalue weighted by atomic mass is 32.1. The van der Waals surface area contributed by atoms with E-state index >= 15 is 0 Å². The fourth-order valence-electron chi connectivity index (χ4n) is 2.11. The highest BCUT2D eigenvalue weighted by Gasteiger charge is 2.30. The van der Waals surface area contributed by atoms with Crippen molar-refractivity contribution in [3.8, 4) is 0 Å². The number of nitrogens with zero attached hydrogens (tertiary/aromatic N) is 2. The van der Waals surface area contributed by atoms with Gasteiger partial charge in [-0.2, -0.15) is 0 Å². The van der Waals surface area contributed by atoms with Crippen LogP contribution in [0.1, 0.15) is 24.4 Å². The molecule has 1 amide bonds. The summed E-state index contributed by atoms with van der Waals surface area (Å²) < 4.78 is 29.0. The van der Waals surface area contributed by atoms with Gasteiger partial charge in [-0.25, -0.2) is 13.8 Å². The summed E-state index contributed by atoms with van der Waals surface area (Å²) in [4.78, 5) is 20.1. The highest BCUT2D eigenvalue weighted by molar-refractivity contribution is 7.15. The number of aromatic nitrogens is 1. The van der Waals surface area contributed by atoms with Gasteiger partial charge >= 0.3 is 0 Å². The van der Waals surface area contributed by atoms with Crippen LogP contribution in [0.4, 0.5) is 13.9 Å². The first-order valence-electron chi connectivity index (χ1n) is 7.12. The third kappa shape index (κ3) is 4.44. The van der Waals surface area contributed by atoms with Crippen LogP contribution >= 0.6 is 11.3 Å². The van der Waals surface area contributed by atoms with Crippen molar-refractivity contribution < 1.29 is 18.3 Å². The maximum atomic E-state index is 12.3. The van der Waals surface area contributed by atoms with Gasteiger partial charge in [-0.3, -0.25) is 4.79 Å². The molecule has 1 aliphatic rings. The molecule has 0 aromatic carbocycles. The minimum absolute atomic E-state index is 0.0585. The molecule has 0 saturated heterocycles. The summed E-state index contributed by atoms with van der Waals surface area (Å²) in [5, 5.41) is 3.34. The van der Waals surface area contributed by atoms with E-state index in [2.05, 4.69) is 15.2 Å². The lowest BCUT2D eigenvalue weighted by Crippen LogP contribution is -2.35. The largest absolute Gasteiger partial charge is 0.374 e. The summed E-state index contributed by atoms with van der Waals surface area (Å²) in [6, 6.07) is 0. The summed E-state index contributed by atoms with van der Waals surface area (Å²) in [5.41, 5.74) is 0.142. The predicted octanol–water partition coefficient (Wildman–Crippen LogP) is 2.38. The molecule has 5 nitrogen and oxygen atoms in total. The van der Waals surface area contributed by atoms with Crippen molar-refractivity contribution >= 4 is 22.4 Å². The van der Waals surface area contributed by atoms with Crippen molar-refractivity contribution in [3.05, 3.63) is 10.6 Å². The summed E-state index contributed by atoms with van der Waals surface area (Å²) >= 11 is 1.47. The van der Waals surface area contributed by atoms with E-state index in [1.54, 1.807) is 13.8 Å². The van der Waals surface area contributed by atoms with Crippen LogP contribution in [0.2, 0.25) is 0 Å². The van der Waals surface area contributed by atoms with Gasteiger partial charge in [0.25, 0.3) is 6.43 Å². The van der Waals surface area contributed by atoms with E-state index in [1.165, 1.54) is 11.3 Å². The lowest BCUT2D eigenvalue weighted by atomic mass is 9.94. The molecule has 1 aromatic rings. The smallest absolute Gasteiger partial charge is 0.261 e. The predicted molar refractivity (Wildman–Crippen MR) is 81.4 cm³/mol. The zero-order valence-electron chi connectivity index (χ0n) is 13.0. The van der Waals surface area contributed by atoms with Crippen molar-refractivity contribution in [3.63, 3.8) is 0 Å². The quantitative estimate of drug-likeness (QED) is 0.868. The van der Waals surface area contributed by atoms with E-state index in [0.29, 0.717) is 5.13 Å². The fourth-order valence-corrected chi connectivity index (χ4v) is 3.20. The zero-order valence-corrected chi connectivity index (χ0v) is 13.8. The summed E-state index contributed by atoms with van der Waals surface area (Å²) in [7, 11) is 2.05. The van der Waals surface area contributed by atoms with E-state index in [9.17, 15) is 13.6 Å². The highest BCUT2D eigenvalue weighted by Crippen LogP contribution is 2.29. The molecule has 124 valence electrons. The third-order valence-electron chi connectivity index (χ3n) is 3.46. The molecule has 0 fully saturated rings. The van der Waals surface area contributed by atoms with Crippen molar-refractivity contribution in [1.29, 1.82) is 0 Å². The van der Waals surface area contributed by atoms with Crippen LogP contribution in [0, 0.1) is 5.41 Å². The maximum absolute atomic E-state index is 12.3. The van der Waals surface area contributed by atoms with Crippen LogP contribution in [0.25, 0.3) is 0 Å². The Morgan fingerprint density at radius 1 is 1.55 bits per heavy atom. The summed E-state index contributed by atoms with van der Waals surface area (Å²) in [6.07, 6.45) is -1.65. The molecular weight excluding hydrogens is 312 g/mol. The monoisotopic (exact) mass is 333 g/mol.